The lowest BCUT2D eigenvalue weighted by Gasteiger charge is -2.11. The number of pyridine rings is 1. The van der Waals surface area contributed by atoms with Gasteiger partial charge in [-0.25, -0.2) is 17.2 Å². The highest BCUT2D eigenvalue weighted by Crippen LogP contribution is 2.32. The van der Waals surface area contributed by atoms with E-state index in [2.05, 4.69) is 4.98 Å². The molecule has 170 valence electrons. The summed E-state index contributed by atoms with van der Waals surface area (Å²) in [6.45, 7) is 1.72. The van der Waals surface area contributed by atoms with E-state index in [0.29, 0.717) is 27.7 Å². The van der Waals surface area contributed by atoms with Crippen LogP contribution >= 0.6 is 0 Å². The third-order valence-corrected chi connectivity index (χ3v) is 7.42. The number of esters is 1. The Morgan fingerprint density at radius 3 is 2.45 bits per heavy atom. The van der Waals surface area contributed by atoms with Crippen LogP contribution in [0, 0.1) is 18.6 Å². The number of fused-ring (bicyclic) bond motifs is 1. The van der Waals surface area contributed by atoms with Crippen molar-refractivity contribution < 1.29 is 26.7 Å². The van der Waals surface area contributed by atoms with Gasteiger partial charge in [-0.15, -0.1) is 0 Å². The van der Waals surface area contributed by atoms with Gasteiger partial charge >= 0.3 is 5.97 Å². The maximum Gasteiger partial charge on any atom is 0.325 e. The normalized spacial score (nSPS) is 11.6. The van der Waals surface area contributed by atoms with Gasteiger partial charge in [0.2, 0.25) is 9.84 Å². The fourth-order valence-corrected chi connectivity index (χ4v) is 5.31. The van der Waals surface area contributed by atoms with Crippen molar-refractivity contribution in [3.63, 3.8) is 0 Å². The number of hydrogen-bond acceptors (Lipinski definition) is 5. The molecule has 0 amide bonds. The van der Waals surface area contributed by atoms with Crippen molar-refractivity contribution >= 4 is 26.7 Å². The van der Waals surface area contributed by atoms with Gasteiger partial charge in [-0.05, 0) is 66.6 Å². The second-order valence-corrected chi connectivity index (χ2v) is 9.42. The van der Waals surface area contributed by atoms with E-state index in [-0.39, 0.29) is 22.8 Å². The molecule has 0 bridgehead atoms. The number of rotatable bonds is 6. The molecule has 0 atom stereocenters. The second-order valence-electron chi connectivity index (χ2n) is 7.51. The van der Waals surface area contributed by atoms with Crippen molar-refractivity contribution in [2.24, 2.45) is 0 Å². The molecule has 0 fully saturated rings. The summed E-state index contributed by atoms with van der Waals surface area (Å²) < 4.78 is 60.4. The molecular weight excluding hydrogens is 450 g/mol. The van der Waals surface area contributed by atoms with Crippen LogP contribution in [0.5, 0.6) is 0 Å². The standard InChI is InChI=1S/C24H20F2N2O4S/c1-15-20(21-12-18(26)5-8-22(21)28(15)14-24(29)32-2)11-16-9-10-27-13-23(16)33(30,31)19-6-3-17(25)4-7-19/h3-10,12-13H,11,14H2,1-2H3. The molecule has 0 saturated heterocycles. The molecule has 6 nitrogen and oxygen atoms in total. The van der Waals surface area contributed by atoms with Gasteiger partial charge in [-0.1, -0.05) is 0 Å². The molecular formula is C24H20F2N2O4S. The van der Waals surface area contributed by atoms with E-state index in [0.717, 1.165) is 12.1 Å². The summed E-state index contributed by atoms with van der Waals surface area (Å²) in [4.78, 5) is 15.8. The summed E-state index contributed by atoms with van der Waals surface area (Å²) in [6.07, 6.45) is 2.87. The van der Waals surface area contributed by atoms with Gasteiger partial charge in [-0.2, -0.15) is 0 Å². The Balaban J connectivity index is 1.85. The Hall–Kier alpha value is -3.59. The highest BCUT2D eigenvalue weighted by Gasteiger charge is 2.24. The van der Waals surface area contributed by atoms with Crippen LogP contribution in [-0.2, 0) is 32.3 Å². The van der Waals surface area contributed by atoms with E-state index < -0.39 is 27.4 Å². The molecule has 0 aliphatic carbocycles. The minimum absolute atomic E-state index is 0.0266. The zero-order chi connectivity index (χ0) is 23.8. The number of hydrogen-bond donors (Lipinski definition) is 0. The minimum Gasteiger partial charge on any atom is -0.468 e. The first-order chi connectivity index (χ1) is 15.7. The molecule has 0 aliphatic heterocycles. The zero-order valence-corrected chi connectivity index (χ0v) is 18.7. The molecule has 0 unspecified atom stereocenters. The van der Waals surface area contributed by atoms with Crippen molar-refractivity contribution in [2.45, 2.75) is 29.7 Å². The molecule has 2 aromatic heterocycles. The molecule has 0 aliphatic rings. The Kier molecular flexibility index (Phi) is 5.99. The monoisotopic (exact) mass is 470 g/mol. The van der Waals surface area contributed by atoms with Crippen molar-refractivity contribution in [3.05, 3.63) is 89.4 Å². The Morgan fingerprint density at radius 2 is 1.76 bits per heavy atom. The number of halogens is 2. The smallest absolute Gasteiger partial charge is 0.325 e. The van der Waals surface area contributed by atoms with Crippen molar-refractivity contribution in [1.29, 1.82) is 0 Å². The van der Waals surface area contributed by atoms with E-state index in [9.17, 15) is 22.0 Å². The Labute approximate surface area is 189 Å². The van der Waals surface area contributed by atoms with Crippen LogP contribution in [-0.4, -0.2) is 31.0 Å². The summed E-state index contributed by atoms with van der Waals surface area (Å²) in [5.41, 5.74) is 2.43. The average molecular weight is 470 g/mol. The maximum atomic E-state index is 14.1. The lowest BCUT2D eigenvalue weighted by atomic mass is 10.0. The summed E-state index contributed by atoms with van der Waals surface area (Å²) in [6, 6.07) is 10.4. The molecule has 4 aromatic rings. The summed E-state index contributed by atoms with van der Waals surface area (Å²) in [7, 11) is -2.70. The molecule has 33 heavy (non-hydrogen) atoms. The predicted molar refractivity (Wildman–Crippen MR) is 118 cm³/mol. The predicted octanol–water partition coefficient (Wildman–Crippen LogP) is 4.22. The Morgan fingerprint density at radius 1 is 1.06 bits per heavy atom. The molecule has 0 saturated carbocycles. The van der Waals surface area contributed by atoms with Crippen molar-refractivity contribution in [2.75, 3.05) is 7.11 Å². The maximum absolute atomic E-state index is 14.1. The first kappa shape index (κ1) is 22.6. The topological polar surface area (TPSA) is 78.3 Å². The van der Waals surface area contributed by atoms with E-state index in [1.54, 1.807) is 23.6 Å². The van der Waals surface area contributed by atoms with Crippen molar-refractivity contribution in [3.8, 4) is 0 Å². The van der Waals surface area contributed by atoms with Gasteiger partial charge in [0.15, 0.2) is 0 Å². The number of carbonyl (C=O) groups excluding carboxylic acids is 1. The number of nitrogens with zero attached hydrogens (tertiary/aromatic N) is 2. The number of sulfone groups is 1. The largest absolute Gasteiger partial charge is 0.468 e. The van der Waals surface area contributed by atoms with Crippen LogP contribution in [0.1, 0.15) is 16.8 Å². The number of benzene rings is 2. The molecule has 0 radical (unpaired) electrons. The van der Waals surface area contributed by atoms with Crippen LogP contribution < -0.4 is 0 Å². The van der Waals surface area contributed by atoms with Crippen LogP contribution in [0.3, 0.4) is 0 Å². The van der Waals surface area contributed by atoms with Gasteiger partial charge in [-0.3, -0.25) is 9.78 Å². The SMILES string of the molecule is COC(=O)Cn1c(C)c(Cc2ccncc2S(=O)(=O)c2ccc(F)cc2)c2cc(F)ccc21. The Bertz CT molecular complexity index is 1460. The van der Waals surface area contributed by atoms with Crippen LogP contribution in [0.2, 0.25) is 0 Å². The quantitative estimate of drug-likeness (QED) is 0.312. The third-order valence-electron chi connectivity index (χ3n) is 5.58. The first-order valence-corrected chi connectivity index (χ1v) is 11.5. The highest BCUT2D eigenvalue weighted by molar-refractivity contribution is 7.91. The fourth-order valence-electron chi connectivity index (χ4n) is 3.87. The van der Waals surface area contributed by atoms with E-state index >= 15 is 0 Å². The molecule has 0 spiro atoms. The minimum atomic E-state index is -3.98. The van der Waals surface area contributed by atoms with Gasteiger partial charge in [0.1, 0.15) is 18.2 Å². The number of ether oxygens (including phenoxy) is 1. The van der Waals surface area contributed by atoms with E-state index in [1.165, 1.54) is 43.8 Å². The first-order valence-electron chi connectivity index (χ1n) is 10.00. The summed E-state index contributed by atoms with van der Waals surface area (Å²) in [5.74, 6) is -1.46. The van der Waals surface area contributed by atoms with E-state index in [4.69, 9.17) is 4.74 Å². The average Bonchev–Trinajstić information content (AvgIpc) is 3.04. The van der Waals surface area contributed by atoms with Crippen LogP contribution in [0.25, 0.3) is 10.9 Å². The second kappa shape index (κ2) is 8.74. The fraction of sp³-hybridized carbons (Fsp3) is 0.167. The lowest BCUT2D eigenvalue weighted by Crippen LogP contribution is -2.13. The third kappa shape index (κ3) is 4.23. The van der Waals surface area contributed by atoms with Crippen molar-refractivity contribution in [1.82, 2.24) is 9.55 Å². The highest BCUT2D eigenvalue weighted by atomic mass is 32.2. The lowest BCUT2D eigenvalue weighted by molar-refractivity contribution is -0.141. The van der Waals surface area contributed by atoms with Gasteiger partial charge in [0.25, 0.3) is 0 Å². The molecule has 9 heteroatoms. The van der Waals surface area contributed by atoms with Crippen LogP contribution in [0.15, 0.2) is 70.7 Å². The zero-order valence-electron chi connectivity index (χ0n) is 17.9. The molecule has 0 N–H and O–H groups in total. The van der Waals surface area contributed by atoms with Gasteiger partial charge in [0, 0.05) is 35.4 Å². The molecule has 2 aromatic carbocycles. The van der Waals surface area contributed by atoms with Crippen LogP contribution in [0.4, 0.5) is 8.78 Å². The number of aromatic nitrogens is 2. The van der Waals surface area contributed by atoms with E-state index in [1.807, 2.05) is 0 Å². The molecule has 4 rings (SSSR count). The number of carbonyl (C=O) groups is 1. The number of methoxy groups -OCH3 is 1. The molecule has 2 heterocycles. The van der Waals surface area contributed by atoms with Gasteiger partial charge in [0.05, 0.1) is 16.9 Å². The van der Waals surface area contributed by atoms with Gasteiger partial charge < -0.3 is 9.30 Å². The summed E-state index contributed by atoms with van der Waals surface area (Å²) >= 11 is 0. The summed E-state index contributed by atoms with van der Waals surface area (Å²) in [5, 5.41) is 0.568.